The van der Waals surface area contributed by atoms with Gasteiger partial charge in [0.05, 0.1) is 19.0 Å². The number of aromatic nitrogens is 3. The molecule has 0 bridgehead atoms. The van der Waals surface area contributed by atoms with Crippen LogP contribution >= 0.6 is 24.2 Å². The van der Waals surface area contributed by atoms with E-state index in [0.717, 1.165) is 29.6 Å². The zero-order chi connectivity index (χ0) is 23.5. The van der Waals surface area contributed by atoms with Crippen molar-refractivity contribution in [3.8, 4) is 5.88 Å². The number of aromatic amines is 1. The van der Waals surface area contributed by atoms with E-state index in [0.29, 0.717) is 15.9 Å². The van der Waals surface area contributed by atoms with Gasteiger partial charge in [-0.1, -0.05) is 31.5 Å². The van der Waals surface area contributed by atoms with Crippen LogP contribution in [0.25, 0.3) is 10.9 Å². The Morgan fingerprint density at radius 1 is 1.16 bits per heavy atom. The summed E-state index contributed by atoms with van der Waals surface area (Å²) in [4.78, 5) is 11.5. The number of hydrogen-bond donors (Lipinski definition) is 4. The highest BCUT2D eigenvalue weighted by molar-refractivity contribution is 7.80. The average molecular weight is 476 g/mol. The van der Waals surface area contributed by atoms with E-state index in [1.807, 2.05) is 39.2 Å². The predicted octanol–water partition coefficient (Wildman–Crippen LogP) is 6.22. The second-order valence-electron chi connectivity index (χ2n) is 6.28. The summed E-state index contributed by atoms with van der Waals surface area (Å²) >= 11 is 10.0. The fraction of sp³-hybridized carbons (Fsp3) is 0.217. The molecule has 0 aliphatic heterocycles. The number of halogens is 2. The van der Waals surface area contributed by atoms with Gasteiger partial charge < -0.3 is 20.4 Å². The normalized spacial score (nSPS) is 9.97. The summed E-state index contributed by atoms with van der Waals surface area (Å²) < 4.78 is 17.1. The van der Waals surface area contributed by atoms with Crippen molar-refractivity contribution in [1.82, 2.24) is 20.3 Å². The molecule has 3 aromatic heterocycles. The third kappa shape index (κ3) is 7.12. The van der Waals surface area contributed by atoms with E-state index in [2.05, 4.69) is 50.3 Å². The average Bonchev–Trinajstić information content (AvgIpc) is 3.19. The number of methoxy groups -OCH3 is 1. The minimum atomic E-state index is -0.350. The van der Waals surface area contributed by atoms with Crippen molar-refractivity contribution in [2.75, 3.05) is 19.5 Å². The summed E-state index contributed by atoms with van der Waals surface area (Å²) in [7, 11) is 3.50. The zero-order valence-corrected chi connectivity index (χ0v) is 20.1. The van der Waals surface area contributed by atoms with Gasteiger partial charge in [0.25, 0.3) is 0 Å². The van der Waals surface area contributed by atoms with Crippen LogP contribution in [-0.4, -0.2) is 29.1 Å². The summed E-state index contributed by atoms with van der Waals surface area (Å²) in [6.45, 7) is 4.83. The van der Waals surface area contributed by atoms with Gasteiger partial charge in [0.15, 0.2) is 5.15 Å². The molecule has 0 saturated carbocycles. The van der Waals surface area contributed by atoms with Crippen LogP contribution in [-0.2, 0) is 6.54 Å². The quantitative estimate of drug-likeness (QED) is 0.203. The molecule has 0 unspecified atom stereocenters. The molecule has 0 spiro atoms. The number of fused-ring (bicyclic) bond motifs is 1. The molecule has 1 aromatic carbocycles. The standard InChI is InChI=1S/C16H17ClN4O.C5H4FNS.C2H6/c1-18-8-10-9-19-14-7-11(3-4-12(10)14)20-13-5-6-15(22-2)21-16(13)17;6-4-1-5(8)3-7-2-4;1-2/h3-7,9,18-20H,8H2,1-2H3;1-3,8H;1-2H3. The van der Waals surface area contributed by atoms with Crippen LogP contribution in [0.15, 0.2) is 59.9 Å². The largest absolute Gasteiger partial charge is 0.481 e. The van der Waals surface area contributed by atoms with Crippen molar-refractivity contribution >= 4 is 46.5 Å². The molecule has 6 nitrogen and oxygen atoms in total. The van der Waals surface area contributed by atoms with Gasteiger partial charge in [0, 0.05) is 46.5 Å². The molecule has 0 aliphatic rings. The van der Waals surface area contributed by atoms with Gasteiger partial charge in [0.2, 0.25) is 5.88 Å². The first kappa shape index (κ1) is 25.5. The molecule has 0 saturated heterocycles. The van der Waals surface area contributed by atoms with Crippen LogP contribution < -0.4 is 15.4 Å². The van der Waals surface area contributed by atoms with Gasteiger partial charge in [-0.25, -0.2) is 4.39 Å². The third-order valence-corrected chi connectivity index (χ3v) is 4.67. The minimum Gasteiger partial charge on any atom is -0.481 e. The van der Waals surface area contributed by atoms with E-state index in [4.69, 9.17) is 16.3 Å². The second kappa shape index (κ2) is 12.9. The van der Waals surface area contributed by atoms with Gasteiger partial charge in [-0.15, -0.1) is 12.6 Å². The van der Waals surface area contributed by atoms with Gasteiger partial charge in [0.1, 0.15) is 5.82 Å². The van der Waals surface area contributed by atoms with Crippen LogP contribution in [0, 0.1) is 5.82 Å². The van der Waals surface area contributed by atoms with E-state index in [1.165, 1.54) is 23.2 Å². The van der Waals surface area contributed by atoms with Crippen LogP contribution in [0.2, 0.25) is 5.15 Å². The number of H-pyrrole nitrogens is 1. The second-order valence-corrected chi connectivity index (χ2v) is 7.16. The van der Waals surface area contributed by atoms with Gasteiger partial charge in [-0.05, 0) is 36.9 Å². The fourth-order valence-electron chi connectivity index (χ4n) is 2.78. The summed E-state index contributed by atoms with van der Waals surface area (Å²) in [5.74, 6) is 0.143. The monoisotopic (exact) mass is 475 g/mol. The van der Waals surface area contributed by atoms with E-state index in [9.17, 15) is 4.39 Å². The molecule has 0 fully saturated rings. The van der Waals surface area contributed by atoms with Crippen molar-refractivity contribution in [1.29, 1.82) is 0 Å². The van der Waals surface area contributed by atoms with Gasteiger partial charge in [-0.3, -0.25) is 4.98 Å². The van der Waals surface area contributed by atoms with Crippen LogP contribution in [0.1, 0.15) is 19.4 Å². The maximum Gasteiger partial charge on any atom is 0.214 e. The van der Waals surface area contributed by atoms with Crippen LogP contribution in [0.3, 0.4) is 0 Å². The lowest BCUT2D eigenvalue weighted by atomic mass is 10.1. The number of ether oxygens (including phenoxy) is 1. The van der Waals surface area contributed by atoms with E-state index >= 15 is 0 Å². The molecule has 0 aliphatic carbocycles. The van der Waals surface area contributed by atoms with Crippen LogP contribution in [0.4, 0.5) is 15.8 Å². The van der Waals surface area contributed by atoms with E-state index in [-0.39, 0.29) is 5.82 Å². The number of anilines is 2. The Labute approximate surface area is 198 Å². The maximum atomic E-state index is 12.1. The molecule has 3 N–H and O–H groups in total. The molecule has 32 heavy (non-hydrogen) atoms. The molecular formula is C23H27ClFN5OS. The summed E-state index contributed by atoms with van der Waals surface area (Å²) in [5, 5.41) is 8.02. The van der Waals surface area contributed by atoms with Crippen molar-refractivity contribution in [2.45, 2.75) is 25.3 Å². The number of nitrogens with zero attached hydrogens (tertiary/aromatic N) is 2. The minimum absolute atomic E-state index is 0.350. The number of rotatable bonds is 5. The lowest BCUT2D eigenvalue weighted by Gasteiger charge is -2.09. The number of thiol groups is 1. The zero-order valence-electron chi connectivity index (χ0n) is 18.4. The number of hydrogen-bond acceptors (Lipinski definition) is 6. The first-order chi connectivity index (χ1) is 15.5. The Kier molecular flexibility index (Phi) is 10.3. The fourth-order valence-corrected chi connectivity index (χ4v) is 3.17. The summed E-state index contributed by atoms with van der Waals surface area (Å²) in [5.41, 5.74) is 4.00. The molecule has 9 heteroatoms. The Hall–Kier alpha value is -2.81. The SMILES string of the molecule is CC.CNCc1c[nH]c2cc(Nc3ccc(OC)nc3Cl)ccc12.Fc1cncc(S)c1. The van der Waals surface area contributed by atoms with E-state index in [1.54, 1.807) is 13.2 Å². The number of benzene rings is 1. The first-order valence-corrected chi connectivity index (χ1v) is 10.8. The number of nitrogens with one attached hydrogen (secondary N) is 3. The molecular weight excluding hydrogens is 449 g/mol. The molecule has 4 aromatic rings. The summed E-state index contributed by atoms with van der Waals surface area (Å²) in [6.07, 6.45) is 4.64. The molecule has 0 radical (unpaired) electrons. The topological polar surface area (TPSA) is 74.9 Å². The van der Waals surface area contributed by atoms with Crippen LogP contribution in [0.5, 0.6) is 5.88 Å². The predicted molar refractivity (Wildman–Crippen MR) is 133 cm³/mol. The molecule has 4 rings (SSSR count). The van der Waals surface area contributed by atoms with Gasteiger partial charge in [-0.2, -0.15) is 4.98 Å². The molecule has 170 valence electrons. The van der Waals surface area contributed by atoms with Gasteiger partial charge >= 0.3 is 0 Å². The maximum absolute atomic E-state index is 12.1. The van der Waals surface area contributed by atoms with Crippen molar-refractivity contribution in [3.05, 3.63) is 71.5 Å². The van der Waals surface area contributed by atoms with Crippen molar-refractivity contribution in [2.24, 2.45) is 0 Å². The Bertz CT molecular complexity index is 1120. The molecule has 0 amide bonds. The lowest BCUT2D eigenvalue weighted by molar-refractivity contribution is 0.398. The lowest BCUT2D eigenvalue weighted by Crippen LogP contribution is -2.03. The third-order valence-electron chi connectivity index (χ3n) is 4.14. The Morgan fingerprint density at radius 3 is 2.53 bits per heavy atom. The molecule has 0 atom stereocenters. The highest BCUT2D eigenvalue weighted by atomic mass is 35.5. The highest BCUT2D eigenvalue weighted by Gasteiger charge is 2.07. The first-order valence-electron chi connectivity index (χ1n) is 10.0. The van der Waals surface area contributed by atoms with E-state index < -0.39 is 0 Å². The Balaban J connectivity index is 0.000000304. The summed E-state index contributed by atoms with van der Waals surface area (Å²) in [6, 6.07) is 11.1. The van der Waals surface area contributed by atoms with Crippen molar-refractivity contribution < 1.29 is 9.13 Å². The van der Waals surface area contributed by atoms with Crippen molar-refractivity contribution in [3.63, 3.8) is 0 Å². The highest BCUT2D eigenvalue weighted by Crippen LogP contribution is 2.28. The number of pyridine rings is 2. The Morgan fingerprint density at radius 2 is 1.94 bits per heavy atom. The smallest absolute Gasteiger partial charge is 0.214 e. The molecule has 3 heterocycles.